The van der Waals surface area contributed by atoms with E-state index in [4.69, 9.17) is 4.98 Å². The average molecular weight is 409 g/mol. The molecule has 150 valence electrons. The Morgan fingerprint density at radius 3 is 1.25 bits per heavy atom. The molecule has 5 aromatic rings. The molecule has 0 radical (unpaired) electrons. The molecule has 0 spiro atoms. The van der Waals surface area contributed by atoms with Gasteiger partial charge in [-0.2, -0.15) is 5.26 Å². The molecule has 0 aliphatic carbocycles. The maximum atomic E-state index is 10.2. The summed E-state index contributed by atoms with van der Waals surface area (Å²) >= 11 is 0. The summed E-state index contributed by atoms with van der Waals surface area (Å²) in [4.78, 5) is 4.94. The molecule has 0 fully saturated rings. The minimum absolute atomic E-state index is 0.425. The van der Waals surface area contributed by atoms with Crippen molar-refractivity contribution in [3.8, 4) is 50.7 Å². The maximum absolute atomic E-state index is 10.2. The van der Waals surface area contributed by atoms with Crippen LogP contribution in [0.2, 0.25) is 0 Å². The van der Waals surface area contributed by atoms with E-state index in [1.54, 1.807) is 0 Å². The highest BCUT2D eigenvalue weighted by Crippen LogP contribution is 2.45. The summed E-state index contributed by atoms with van der Waals surface area (Å²) in [5.74, 6) is 0. The van der Waals surface area contributed by atoms with Gasteiger partial charge in [0.1, 0.15) is 11.8 Å². The Labute approximate surface area is 188 Å². The summed E-state index contributed by atoms with van der Waals surface area (Å²) in [5.41, 5.74) is 8.24. The van der Waals surface area contributed by atoms with E-state index < -0.39 is 0 Å². The minimum Gasteiger partial charge on any atom is -0.236 e. The van der Waals surface area contributed by atoms with Crippen molar-refractivity contribution in [2.24, 2.45) is 0 Å². The van der Waals surface area contributed by atoms with Gasteiger partial charge in [0.15, 0.2) is 0 Å². The van der Waals surface area contributed by atoms with Gasteiger partial charge in [0.2, 0.25) is 0 Å². The molecule has 0 aliphatic heterocycles. The topological polar surface area (TPSA) is 36.7 Å². The van der Waals surface area contributed by atoms with Crippen LogP contribution in [0.4, 0.5) is 0 Å². The molecule has 2 heteroatoms. The van der Waals surface area contributed by atoms with Crippen molar-refractivity contribution in [2.45, 2.75) is 0 Å². The van der Waals surface area contributed by atoms with E-state index in [2.05, 4.69) is 30.3 Å². The molecular formula is C30H20N2. The first-order valence-electron chi connectivity index (χ1n) is 10.6. The monoisotopic (exact) mass is 408 g/mol. The molecule has 0 bridgehead atoms. The second-order valence-electron chi connectivity index (χ2n) is 7.51. The number of aromatic nitrogens is 1. The highest BCUT2D eigenvalue weighted by Gasteiger charge is 2.23. The van der Waals surface area contributed by atoms with E-state index in [9.17, 15) is 5.26 Å². The number of hydrogen-bond donors (Lipinski definition) is 0. The van der Waals surface area contributed by atoms with Gasteiger partial charge >= 0.3 is 0 Å². The van der Waals surface area contributed by atoms with Gasteiger partial charge in [-0.3, -0.25) is 0 Å². The maximum Gasteiger partial charge on any atom is 0.149 e. The lowest BCUT2D eigenvalue weighted by atomic mass is 9.84. The van der Waals surface area contributed by atoms with Crippen LogP contribution in [0.25, 0.3) is 44.6 Å². The molecule has 2 nitrogen and oxygen atoms in total. The number of nitriles is 1. The van der Waals surface area contributed by atoms with E-state index >= 15 is 0 Å². The molecular weight excluding hydrogens is 388 g/mol. The molecule has 5 rings (SSSR count). The van der Waals surface area contributed by atoms with Crippen molar-refractivity contribution in [3.63, 3.8) is 0 Å². The largest absolute Gasteiger partial charge is 0.236 e. The first-order valence-corrected chi connectivity index (χ1v) is 10.6. The Morgan fingerprint density at radius 2 is 0.812 bits per heavy atom. The zero-order valence-corrected chi connectivity index (χ0v) is 17.4. The van der Waals surface area contributed by atoms with Crippen LogP contribution in [0.5, 0.6) is 0 Å². The summed E-state index contributed by atoms with van der Waals surface area (Å²) in [6, 6.07) is 43.2. The van der Waals surface area contributed by atoms with Gasteiger partial charge in [0, 0.05) is 22.3 Å². The zero-order valence-electron chi connectivity index (χ0n) is 17.4. The number of benzene rings is 4. The van der Waals surface area contributed by atoms with Crippen LogP contribution in [0.3, 0.4) is 0 Å². The zero-order chi connectivity index (χ0) is 21.8. The van der Waals surface area contributed by atoms with Crippen molar-refractivity contribution < 1.29 is 0 Å². The molecule has 0 aliphatic rings. The van der Waals surface area contributed by atoms with E-state index in [-0.39, 0.29) is 0 Å². The van der Waals surface area contributed by atoms with Crippen LogP contribution < -0.4 is 0 Å². The molecule has 0 amide bonds. The van der Waals surface area contributed by atoms with E-state index in [1.807, 2.05) is 97.1 Å². The molecule has 0 N–H and O–H groups in total. The molecule has 1 heterocycles. The fraction of sp³-hybridized carbons (Fsp3) is 0. The second-order valence-corrected chi connectivity index (χ2v) is 7.51. The molecule has 0 unspecified atom stereocenters. The third kappa shape index (κ3) is 3.57. The molecule has 4 aromatic carbocycles. The first kappa shape index (κ1) is 19.5. The molecule has 1 aromatic heterocycles. The Morgan fingerprint density at radius 1 is 0.438 bits per heavy atom. The van der Waals surface area contributed by atoms with Crippen LogP contribution in [0.15, 0.2) is 121 Å². The molecule has 32 heavy (non-hydrogen) atoms. The van der Waals surface area contributed by atoms with Gasteiger partial charge < -0.3 is 0 Å². The molecule has 0 saturated carbocycles. The highest BCUT2D eigenvalue weighted by molar-refractivity contribution is 6.01. The number of nitrogens with zero attached hydrogens (tertiary/aromatic N) is 2. The van der Waals surface area contributed by atoms with Gasteiger partial charge in [-0.1, -0.05) is 121 Å². The smallest absolute Gasteiger partial charge is 0.149 e. The van der Waals surface area contributed by atoms with Gasteiger partial charge in [0.05, 0.1) is 5.69 Å². The first-order chi connectivity index (χ1) is 15.9. The Balaban J connectivity index is 1.99. The predicted molar refractivity (Wildman–Crippen MR) is 131 cm³/mol. The van der Waals surface area contributed by atoms with Crippen LogP contribution in [-0.4, -0.2) is 4.98 Å². The van der Waals surface area contributed by atoms with Crippen LogP contribution >= 0.6 is 0 Å². The molecule has 0 atom stereocenters. The summed E-state index contributed by atoms with van der Waals surface area (Å²) in [5, 5.41) is 10.2. The lowest BCUT2D eigenvalue weighted by Crippen LogP contribution is -2.01. The predicted octanol–water partition coefficient (Wildman–Crippen LogP) is 7.62. The third-order valence-corrected chi connectivity index (χ3v) is 5.54. The van der Waals surface area contributed by atoms with E-state index in [0.717, 1.165) is 44.6 Å². The number of hydrogen-bond acceptors (Lipinski definition) is 2. The van der Waals surface area contributed by atoms with Crippen LogP contribution in [0.1, 0.15) is 5.69 Å². The standard InChI is InChI=1S/C30H20N2/c31-21-26-27(22-13-5-1-6-14-22)28(23-15-7-2-8-16-23)29(24-17-9-3-10-18-24)30(32-26)25-19-11-4-12-20-25/h1-20H. The minimum atomic E-state index is 0.425. The quantitative estimate of drug-likeness (QED) is 0.307. The summed E-state index contributed by atoms with van der Waals surface area (Å²) < 4.78 is 0. The lowest BCUT2D eigenvalue weighted by Gasteiger charge is -2.21. The Bertz CT molecular complexity index is 1390. The Hall–Kier alpha value is -4.48. The van der Waals surface area contributed by atoms with Gasteiger partial charge in [-0.05, 0) is 16.7 Å². The summed E-state index contributed by atoms with van der Waals surface area (Å²) in [6.45, 7) is 0. The Kier molecular flexibility index (Phi) is 5.31. The average Bonchev–Trinajstić information content (AvgIpc) is 2.89. The molecule has 0 saturated heterocycles. The van der Waals surface area contributed by atoms with Crippen molar-refractivity contribution >= 4 is 0 Å². The number of rotatable bonds is 4. The van der Waals surface area contributed by atoms with Crippen molar-refractivity contribution in [2.75, 3.05) is 0 Å². The highest BCUT2D eigenvalue weighted by atomic mass is 14.7. The van der Waals surface area contributed by atoms with E-state index in [1.165, 1.54) is 0 Å². The summed E-state index contributed by atoms with van der Waals surface area (Å²) in [7, 11) is 0. The fourth-order valence-corrected chi connectivity index (χ4v) is 4.14. The fourth-order valence-electron chi connectivity index (χ4n) is 4.14. The lowest BCUT2D eigenvalue weighted by molar-refractivity contribution is 1.27. The van der Waals surface area contributed by atoms with Gasteiger partial charge in [-0.25, -0.2) is 4.98 Å². The third-order valence-electron chi connectivity index (χ3n) is 5.54. The van der Waals surface area contributed by atoms with Crippen LogP contribution in [-0.2, 0) is 0 Å². The van der Waals surface area contributed by atoms with Crippen molar-refractivity contribution in [1.29, 1.82) is 5.26 Å². The number of pyridine rings is 1. The van der Waals surface area contributed by atoms with Gasteiger partial charge in [-0.15, -0.1) is 0 Å². The van der Waals surface area contributed by atoms with Crippen molar-refractivity contribution in [3.05, 3.63) is 127 Å². The van der Waals surface area contributed by atoms with Gasteiger partial charge in [0.25, 0.3) is 0 Å². The van der Waals surface area contributed by atoms with Crippen LogP contribution in [0, 0.1) is 11.3 Å². The normalized spacial score (nSPS) is 10.5. The van der Waals surface area contributed by atoms with E-state index in [0.29, 0.717) is 5.69 Å². The SMILES string of the molecule is N#Cc1nc(-c2ccccc2)c(-c2ccccc2)c(-c2ccccc2)c1-c1ccccc1. The summed E-state index contributed by atoms with van der Waals surface area (Å²) in [6.07, 6.45) is 0. The second kappa shape index (κ2) is 8.71. The van der Waals surface area contributed by atoms with Crippen molar-refractivity contribution in [1.82, 2.24) is 4.98 Å².